The Morgan fingerprint density at radius 1 is 1.29 bits per heavy atom. The topological polar surface area (TPSA) is 31.4 Å². The highest BCUT2D eigenvalue weighted by molar-refractivity contribution is 7.11. The maximum absolute atomic E-state index is 4.49. The van der Waals surface area contributed by atoms with Crippen LogP contribution in [-0.4, -0.2) is 54.6 Å². The molecule has 0 aliphatic carbocycles. The van der Waals surface area contributed by atoms with Gasteiger partial charge in [-0.2, -0.15) is 0 Å². The Kier molecular flexibility index (Phi) is 4.91. The summed E-state index contributed by atoms with van der Waals surface area (Å²) >= 11 is 1.83. The van der Waals surface area contributed by atoms with Crippen LogP contribution in [0.2, 0.25) is 0 Å². The van der Waals surface area contributed by atoms with Crippen LogP contribution in [0.1, 0.15) is 16.8 Å². The summed E-state index contributed by atoms with van der Waals surface area (Å²) in [5, 5.41) is 4.41. The second-order valence-electron chi connectivity index (χ2n) is 4.46. The molecule has 1 fully saturated rings. The molecule has 0 spiro atoms. The third-order valence-corrected chi connectivity index (χ3v) is 4.21. The Morgan fingerprint density at radius 3 is 2.65 bits per heavy atom. The normalized spacial score (nSPS) is 18.7. The van der Waals surface area contributed by atoms with E-state index < -0.39 is 0 Å². The monoisotopic (exact) mass is 254 g/mol. The number of likely N-dealkylation sites (N-methyl/N-ethyl adjacent to an activating group) is 1. The number of nitrogens with one attached hydrogen (secondary N) is 1. The molecule has 0 amide bonds. The van der Waals surface area contributed by atoms with Gasteiger partial charge in [-0.3, -0.25) is 4.90 Å². The first-order valence-electron chi connectivity index (χ1n) is 6.34. The Bertz CT molecular complexity index is 331. The minimum Gasteiger partial charge on any atom is -0.315 e. The van der Waals surface area contributed by atoms with Crippen molar-refractivity contribution < 1.29 is 0 Å². The Balaban J connectivity index is 1.80. The predicted molar refractivity (Wildman–Crippen MR) is 72.3 cm³/mol. The molecule has 0 saturated carbocycles. The first-order valence-corrected chi connectivity index (χ1v) is 7.16. The molecule has 0 bridgehead atoms. The van der Waals surface area contributed by atoms with E-state index >= 15 is 0 Å². The number of rotatable bonds is 5. The lowest BCUT2D eigenvalue weighted by molar-refractivity contribution is 0.132. The van der Waals surface area contributed by atoms with Crippen LogP contribution in [0.25, 0.3) is 0 Å². The first kappa shape index (κ1) is 13.0. The highest BCUT2D eigenvalue weighted by Crippen LogP contribution is 2.15. The zero-order chi connectivity index (χ0) is 12.1. The molecule has 0 unspecified atom stereocenters. The second kappa shape index (κ2) is 6.44. The molecule has 4 nitrogen and oxygen atoms in total. The number of hydrogen-bond acceptors (Lipinski definition) is 5. The van der Waals surface area contributed by atoms with Crippen molar-refractivity contribution in [3.8, 4) is 0 Å². The van der Waals surface area contributed by atoms with E-state index in [-0.39, 0.29) is 0 Å². The van der Waals surface area contributed by atoms with E-state index in [2.05, 4.69) is 27.0 Å². The molecule has 96 valence electrons. The van der Waals surface area contributed by atoms with Crippen molar-refractivity contribution in [1.29, 1.82) is 0 Å². The lowest BCUT2D eigenvalue weighted by Gasteiger charge is -2.33. The lowest BCUT2D eigenvalue weighted by atomic mass is 10.3. The van der Waals surface area contributed by atoms with Gasteiger partial charge >= 0.3 is 0 Å². The molecule has 1 aliphatic heterocycles. The van der Waals surface area contributed by atoms with E-state index in [0.29, 0.717) is 0 Å². The third-order valence-electron chi connectivity index (χ3n) is 3.22. The number of nitrogens with zero attached hydrogens (tertiary/aromatic N) is 3. The lowest BCUT2D eigenvalue weighted by Crippen LogP contribution is -2.45. The highest BCUT2D eigenvalue weighted by Gasteiger charge is 2.16. The zero-order valence-corrected chi connectivity index (χ0v) is 11.6. The Hall–Kier alpha value is -0.490. The van der Waals surface area contributed by atoms with Crippen LogP contribution in [0.4, 0.5) is 0 Å². The average molecular weight is 254 g/mol. The molecule has 1 aromatic rings. The van der Waals surface area contributed by atoms with Crippen LogP contribution in [-0.2, 0) is 13.1 Å². The van der Waals surface area contributed by atoms with Crippen molar-refractivity contribution in [2.24, 2.45) is 0 Å². The molecular weight excluding hydrogens is 232 g/mol. The van der Waals surface area contributed by atoms with Crippen molar-refractivity contribution in [1.82, 2.24) is 20.1 Å². The molecule has 1 N–H and O–H groups in total. The largest absolute Gasteiger partial charge is 0.315 e. The third kappa shape index (κ3) is 3.74. The van der Waals surface area contributed by atoms with Crippen molar-refractivity contribution in [3.05, 3.63) is 16.1 Å². The fourth-order valence-corrected chi connectivity index (χ4v) is 3.11. The quantitative estimate of drug-likeness (QED) is 0.849. The van der Waals surface area contributed by atoms with Crippen molar-refractivity contribution in [2.45, 2.75) is 20.0 Å². The SMILES string of the molecule is CCN1CCN(Cc2ncc(CNC)s2)CC1. The smallest absolute Gasteiger partial charge is 0.107 e. The van der Waals surface area contributed by atoms with E-state index in [4.69, 9.17) is 0 Å². The average Bonchev–Trinajstić information content (AvgIpc) is 2.78. The molecule has 1 saturated heterocycles. The van der Waals surface area contributed by atoms with E-state index in [0.717, 1.165) is 13.1 Å². The standard InChI is InChI=1S/C12H22N4S/c1-3-15-4-6-16(7-5-15)10-12-14-9-11(17-12)8-13-2/h9,13H,3-8,10H2,1-2H3. The van der Waals surface area contributed by atoms with Crippen LogP contribution in [0, 0.1) is 0 Å². The molecule has 0 atom stereocenters. The minimum absolute atomic E-state index is 0.932. The van der Waals surface area contributed by atoms with Gasteiger partial charge in [0.1, 0.15) is 5.01 Å². The molecule has 2 heterocycles. The van der Waals surface area contributed by atoms with Gasteiger partial charge in [0.05, 0.1) is 6.54 Å². The molecule has 1 aliphatic rings. The van der Waals surface area contributed by atoms with Gasteiger partial charge in [-0.1, -0.05) is 6.92 Å². The fraction of sp³-hybridized carbons (Fsp3) is 0.750. The maximum Gasteiger partial charge on any atom is 0.107 e. The number of aromatic nitrogens is 1. The van der Waals surface area contributed by atoms with Crippen molar-refractivity contribution >= 4 is 11.3 Å². The number of piperazine rings is 1. The van der Waals surface area contributed by atoms with Crippen LogP contribution < -0.4 is 5.32 Å². The highest BCUT2D eigenvalue weighted by atomic mass is 32.1. The molecule has 17 heavy (non-hydrogen) atoms. The molecular formula is C12H22N4S. The summed E-state index contributed by atoms with van der Waals surface area (Å²) < 4.78 is 0. The van der Waals surface area contributed by atoms with Crippen molar-refractivity contribution in [2.75, 3.05) is 39.8 Å². The van der Waals surface area contributed by atoms with Gasteiger partial charge in [0.2, 0.25) is 0 Å². The summed E-state index contributed by atoms with van der Waals surface area (Å²) in [5.41, 5.74) is 0. The maximum atomic E-state index is 4.49. The van der Waals surface area contributed by atoms with E-state index in [9.17, 15) is 0 Å². The molecule has 2 rings (SSSR count). The van der Waals surface area contributed by atoms with Crippen LogP contribution in [0.15, 0.2) is 6.20 Å². The number of thiazole rings is 1. The van der Waals surface area contributed by atoms with E-state index in [1.54, 1.807) is 0 Å². The Labute approximate surface area is 108 Å². The van der Waals surface area contributed by atoms with E-state index in [1.165, 1.54) is 42.6 Å². The summed E-state index contributed by atoms with van der Waals surface area (Å²) in [6, 6.07) is 0. The first-order chi connectivity index (χ1) is 8.31. The summed E-state index contributed by atoms with van der Waals surface area (Å²) in [5.74, 6) is 0. The zero-order valence-electron chi connectivity index (χ0n) is 10.8. The molecule has 5 heteroatoms. The van der Waals surface area contributed by atoms with E-state index in [1.807, 2.05) is 24.6 Å². The summed E-state index contributed by atoms with van der Waals surface area (Å²) in [7, 11) is 1.98. The van der Waals surface area contributed by atoms with Crippen LogP contribution in [0.3, 0.4) is 0 Å². The fourth-order valence-electron chi connectivity index (χ4n) is 2.13. The van der Waals surface area contributed by atoms with Crippen molar-refractivity contribution in [3.63, 3.8) is 0 Å². The summed E-state index contributed by atoms with van der Waals surface area (Å²) in [6.45, 7) is 10.1. The van der Waals surface area contributed by atoms with Gasteiger partial charge in [0.25, 0.3) is 0 Å². The van der Waals surface area contributed by atoms with Gasteiger partial charge in [-0.15, -0.1) is 11.3 Å². The van der Waals surface area contributed by atoms with Crippen LogP contribution in [0.5, 0.6) is 0 Å². The van der Waals surface area contributed by atoms with Crippen LogP contribution >= 0.6 is 11.3 Å². The van der Waals surface area contributed by atoms with Gasteiger partial charge in [0.15, 0.2) is 0 Å². The second-order valence-corrected chi connectivity index (χ2v) is 5.66. The van der Waals surface area contributed by atoms with Gasteiger partial charge in [0, 0.05) is 43.8 Å². The predicted octanol–water partition coefficient (Wildman–Crippen LogP) is 1.000. The molecule has 0 radical (unpaired) electrons. The van der Waals surface area contributed by atoms with Gasteiger partial charge in [-0.05, 0) is 13.6 Å². The van der Waals surface area contributed by atoms with Gasteiger partial charge in [-0.25, -0.2) is 4.98 Å². The molecule has 1 aromatic heterocycles. The molecule has 0 aromatic carbocycles. The Morgan fingerprint density at radius 2 is 2.00 bits per heavy atom. The number of hydrogen-bond donors (Lipinski definition) is 1. The minimum atomic E-state index is 0.932. The van der Waals surface area contributed by atoms with Gasteiger partial charge < -0.3 is 10.2 Å². The summed E-state index contributed by atoms with van der Waals surface area (Å²) in [4.78, 5) is 10.8. The summed E-state index contributed by atoms with van der Waals surface area (Å²) in [6.07, 6.45) is 2.00.